The minimum Gasteiger partial charge on any atom is -0.271 e. The normalized spacial score (nSPS) is 27.7. The summed E-state index contributed by atoms with van der Waals surface area (Å²) in [6.07, 6.45) is 0. The van der Waals surface area contributed by atoms with Crippen molar-refractivity contribution in [2.75, 3.05) is 0 Å². The summed E-state index contributed by atoms with van der Waals surface area (Å²) in [6, 6.07) is 0.449. The van der Waals surface area contributed by atoms with Crippen LogP contribution in [0, 0.1) is 22.7 Å². The third-order valence-corrected chi connectivity index (χ3v) is 4.40. The third-order valence-electron chi connectivity index (χ3n) is 4.40. The molecule has 1 aliphatic rings. The topological polar surface area (TPSA) is 38.0 Å². The predicted molar refractivity (Wildman–Crippen MR) is 57.0 cm³/mol. The van der Waals surface area contributed by atoms with Gasteiger partial charge in [0, 0.05) is 6.04 Å². The Labute approximate surface area is 82.2 Å². The predicted octanol–water partition coefficient (Wildman–Crippen LogP) is 2.16. The maximum atomic E-state index is 5.61. The Morgan fingerprint density at radius 2 is 1.46 bits per heavy atom. The van der Waals surface area contributed by atoms with Crippen molar-refractivity contribution >= 4 is 0 Å². The number of nitrogens with two attached hydrogens (primary N) is 1. The van der Waals surface area contributed by atoms with E-state index in [1.807, 2.05) is 0 Å². The molecule has 1 atom stereocenters. The molecular weight excluding hydrogens is 160 g/mol. The number of hydrogen-bond acceptors (Lipinski definition) is 2. The van der Waals surface area contributed by atoms with Gasteiger partial charge in [0.15, 0.2) is 0 Å². The van der Waals surface area contributed by atoms with E-state index in [-0.39, 0.29) is 0 Å². The van der Waals surface area contributed by atoms with Crippen molar-refractivity contribution in [1.82, 2.24) is 5.43 Å². The van der Waals surface area contributed by atoms with E-state index in [1.54, 1.807) is 0 Å². The van der Waals surface area contributed by atoms with Crippen LogP contribution in [-0.2, 0) is 0 Å². The fraction of sp³-hybridized carbons (Fsp3) is 1.00. The standard InChI is InChI=1S/C11H24N2/c1-7(2)8(13-12)9-10(3,4)11(9,5)6/h7-9,13H,12H2,1-6H3. The minimum atomic E-state index is 0.425. The molecule has 0 amide bonds. The molecule has 1 aliphatic carbocycles. The van der Waals surface area contributed by atoms with Crippen LogP contribution in [0.4, 0.5) is 0 Å². The SMILES string of the molecule is CC(C)C(NN)C1C(C)(C)C1(C)C. The van der Waals surface area contributed by atoms with E-state index in [0.717, 1.165) is 0 Å². The van der Waals surface area contributed by atoms with Gasteiger partial charge in [-0.3, -0.25) is 11.3 Å². The summed E-state index contributed by atoms with van der Waals surface area (Å²) >= 11 is 0. The number of rotatable bonds is 3. The van der Waals surface area contributed by atoms with Crippen molar-refractivity contribution in [2.45, 2.75) is 47.6 Å². The highest BCUT2D eigenvalue weighted by atomic mass is 15.2. The summed E-state index contributed by atoms with van der Waals surface area (Å²) in [5, 5.41) is 0. The summed E-state index contributed by atoms with van der Waals surface area (Å²) in [4.78, 5) is 0. The van der Waals surface area contributed by atoms with Crippen LogP contribution in [-0.4, -0.2) is 6.04 Å². The van der Waals surface area contributed by atoms with Crippen LogP contribution in [0.1, 0.15) is 41.5 Å². The van der Waals surface area contributed by atoms with Crippen LogP contribution >= 0.6 is 0 Å². The van der Waals surface area contributed by atoms with Gasteiger partial charge in [-0.25, -0.2) is 0 Å². The smallest absolute Gasteiger partial charge is 0.0272 e. The average molecular weight is 184 g/mol. The Morgan fingerprint density at radius 1 is 1.08 bits per heavy atom. The molecule has 0 heterocycles. The molecule has 1 rings (SSSR count). The first-order valence-electron chi connectivity index (χ1n) is 5.23. The zero-order chi connectivity index (χ0) is 10.4. The van der Waals surface area contributed by atoms with E-state index in [1.165, 1.54) is 0 Å². The van der Waals surface area contributed by atoms with Crippen LogP contribution in [0.5, 0.6) is 0 Å². The maximum Gasteiger partial charge on any atom is 0.0272 e. The fourth-order valence-electron chi connectivity index (χ4n) is 2.82. The largest absolute Gasteiger partial charge is 0.271 e. The molecule has 2 nitrogen and oxygen atoms in total. The van der Waals surface area contributed by atoms with Crippen LogP contribution in [0.3, 0.4) is 0 Å². The van der Waals surface area contributed by atoms with Crippen LogP contribution in [0.2, 0.25) is 0 Å². The fourth-order valence-corrected chi connectivity index (χ4v) is 2.82. The molecule has 0 spiro atoms. The van der Waals surface area contributed by atoms with Crippen molar-refractivity contribution in [1.29, 1.82) is 0 Å². The van der Waals surface area contributed by atoms with E-state index in [2.05, 4.69) is 47.0 Å². The summed E-state index contributed by atoms with van der Waals surface area (Å²) in [5.41, 5.74) is 3.82. The van der Waals surface area contributed by atoms with Gasteiger partial charge < -0.3 is 0 Å². The molecule has 78 valence electrons. The Hall–Kier alpha value is -0.0800. The molecular formula is C11H24N2. The maximum absolute atomic E-state index is 5.61. The Bertz CT molecular complexity index is 180. The molecule has 3 N–H and O–H groups in total. The van der Waals surface area contributed by atoms with E-state index >= 15 is 0 Å². The lowest BCUT2D eigenvalue weighted by atomic mass is 9.94. The first kappa shape index (κ1) is 11.0. The van der Waals surface area contributed by atoms with E-state index < -0.39 is 0 Å². The number of hydrogen-bond donors (Lipinski definition) is 2. The molecule has 0 radical (unpaired) electrons. The highest BCUT2D eigenvalue weighted by Gasteiger charge is 2.67. The lowest BCUT2D eigenvalue weighted by Gasteiger charge is -2.22. The van der Waals surface area contributed by atoms with Crippen LogP contribution < -0.4 is 11.3 Å². The summed E-state index contributed by atoms with van der Waals surface area (Å²) in [6.45, 7) is 13.8. The minimum absolute atomic E-state index is 0.425. The number of nitrogens with one attached hydrogen (secondary N) is 1. The van der Waals surface area contributed by atoms with Crippen molar-refractivity contribution in [3.8, 4) is 0 Å². The van der Waals surface area contributed by atoms with Crippen molar-refractivity contribution in [3.05, 3.63) is 0 Å². The van der Waals surface area contributed by atoms with Gasteiger partial charge in [0.2, 0.25) is 0 Å². The number of hydrazine groups is 1. The summed E-state index contributed by atoms with van der Waals surface area (Å²) < 4.78 is 0. The third kappa shape index (κ3) is 1.40. The molecule has 0 bridgehead atoms. The molecule has 0 aromatic heterocycles. The van der Waals surface area contributed by atoms with Crippen molar-refractivity contribution < 1.29 is 0 Å². The van der Waals surface area contributed by atoms with E-state index in [4.69, 9.17) is 5.84 Å². The molecule has 1 saturated carbocycles. The van der Waals surface area contributed by atoms with Gasteiger partial charge in [-0.1, -0.05) is 41.5 Å². The second kappa shape index (κ2) is 2.96. The van der Waals surface area contributed by atoms with Crippen molar-refractivity contribution in [3.63, 3.8) is 0 Å². The second-order valence-corrected chi connectivity index (χ2v) is 5.86. The zero-order valence-electron chi connectivity index (χ0n) is 9.81. The van der Waals surface area contributed by atoms with Crippen LogP contribution in [0.25, 0.3) is 0 Å². The van der Waals surface area contributed by atoms with E-state index in [0.29, 0.717) is 28.7 Å². The van der Waals surface area contributed by atoms with Crippen molar-refractivity contribution in [2.24, 2.45) is 28.5 Å². The van der Waals surface area contributed by atoms with Gasteiger partial charge in [0.25, 0.3) is 0 Å². The highest BCUT2D eigenvalue weighted by Crippen LogP contribution is 2.70. The molecule has 2 heteroatoms. The monoisotopic (exact) mass is 184 g/mol. The average Bonchev–Trinajstić information content (AvgIpc) is 2.32. The van der Waals surface area contributed by atoms with Gasteiger partial charge in [-0.2, -0.15) is 0 Å². The second-order valence-electron chi connectivity index (χ2n) is 5.86. The molecule has 1 fully saturated rings. The lowest BCUT2D eigenvalue weighted by Crippen LogP contribution is -2.42. The van der Waals surface area contributed by atoms with Gasteiger partial charge in [0.05, 0.1) is 0 Å². The van der Waals surface area contributed by atoms with E-state index in [9.17, 15) is 0 Å². The highest BCUT2D eigenvalue weighted by molar-refractivity contribution is 5.16. The summed E-state index contributed by atoms with van der Waals surface area (Å²) in [7, 11) is 0. The first-order chi connectivity index (χ1) is 5.76. The van der Waals surface area contributed by atoms with Crippen LogP contribution in [0.15, 0.2) is 0 Å². The molecule has 0 aliphatic heterocycles. The zero-order valence-corrected chi connectivity index (χ0v) is 9.81. The lowest BCUT2D eigenvalue weighted by molar-refractivity contribution is 0.320. The Kier molecular flexibility index (Phi) is 2.50. The first-order valence-corrected chi connectivity index (χ1v) is 5.23. The Balaban J connectivity index is 2.76. The van der Waals surface area contributed by atoms with Gasteiger partial charge in [-0.15, -0.1) is 0 Å². The molecule has 0 aromatic rings. The molecule has 1 unspecified atom stereocenters. The quantitative estimate of drug-likeness (QED) is 0.521. The van der Waals surface area contributed by atoms with Gasteiger partial charge in [-0.05, 0) is 22.7 Å². The van der Waals surface area contributed by atoms with Gasteiger partial charge in [0.1, 0.15) is 0 Å². The molecule has 0 saturated heterocycles. The summed E-state index contributed by atoms with van der Waals surface area (Å²) in [5.74, 6) is 6.91. The van der Waals surface area contributed by atoms with Gasteiger partial charge >= 0.3 is 0 Å². The molecule has 0 aromatic carbocycles. The molecule has 13 heavy (non-hydrogen) atoms. The Morgan fingerprint density at radius 3 is 1.54 bits per heavy atom.